The van der Waals surface area contributed by atoms with Gasteiger partial charge in [-0.1, -0.05) is 6.07 Å². The molecule has 1 fully saturated rings. The number of alkyl halides is 1. The van der Waals surface area contributed by atoms with E-state index in [0.717, 1.165) is 27.8 Å². The lowest BCUT2D eigenvalue weighted by Crippen LogP contribution is -2.26. The molecule has 4 aromatic rings. The second kappa shape index (κ2) is 8.91. The van der Waals surface area contributed by atoms with Gasteiger partial charge in [0.25, 0.3) is 5.91 Å². The van der Waals surface area contributed by atoms with Crippen molar-refractivity contribution in [3.8, 4) is 5.75 Å². The molecule has 0 saturated carbocycles. The molecule has 2 aromatic heterocycles. The highest BCUT2D eigenvalue weighted by atomic mass is 19.1. The molecule has 4 N–H and O–H groups in total. The normalized spacial score (nSPS) is 16.3. The van der Waals surface area contributed by atoms with Crippen molar-refractivity contribution in [2.24, 2.45) is 0 Å². The molecule has 1 saturated heterocycles. The van der Waals surface area contributed by atoms with Crippen LogP contribution in [0, 0.1) is 0 Å². The van der Waals surface area contributed by atoms with Gasteiger partial charge < -0.3 is 20.8 Å². The van der Waals surface area contributed by atoms with Crippen molar-refractivity contribution in [2.45, 2.75) is 12.6 Å². The molecule has 10 heteroatoms. The Kier molecular flexibility index (Phi) is 5.66. The zero-order valence-corrected chi connectivity index (χ0v) is 17.9. The third-order valence-corrected chi connectivity index (χ3v) is 5.63. The fourth-order valence-corrected chi connectivity index (χ4v) is 3.87. The Morgan fingerprint density at radius 3 is 2.88 bits per heavy atom. The first-order valence-electron chi connectivity index (χ1n) is 10.8. The summed E-state index contributed by atoms with van der Waals surface area (Å²) in [5.74, 6) is 0.548. The van der Waals surface area contributed by atoms with E-state index in [4.69, 9.17) is 10.5 Å². The van der Waals surface area contributed by atoms with Crippen molar-refractivity contribution >= 4 is 34.4 Å². The standard InChI is InChI=1S/C23H24FN7O2/c24-17-8-10-30(14-17)11-12-33-19-5-3-18(4-6-19)27-23-28-22(25)31(29-23)21(32)16-2-1-15-7-9-26-20(15)13-16/h1-7,9,13,17,26H,8,10-12,14H2,(H3,25,27,28,29)/t17-/m0/s1. The Bertz CT molecular complexity index is 1270. The van der Waals surface area contributed by atoms with E-state index in [2.05, 4.69) is 25.3 Å². The molecule has 9 nitrogen and oxygen atoms in total. The van der Waals surface area contributed by atoms with Gasteiger partial charge in [0.1, 0.15) is 18.5 Å². The topological polar surface area (TPSA) is 114 Å². The van der Waals surface area contributed by atoms with E-state index >= 15 is 0 Å². The molecule has 170 valence electrons. The number of rotatable bonds is 7. The minimum atomic E-state index is -0.723. The molecule has 1 atom stereocenters. The number of carbonyl (C=O) groups excluding carboxylic acids is 1. The lowest BCUT2D eigenvalue weighted by Gasteiger charge is -2.15. The number of halogens is 1. The third-order valence-electron chi connectivity index (χ3n) is 5.63. The second-order valence-corrected chi connectivity index (χ2v) is 7.97. The number of anilines is 3. The fourth-order valence-electron chi connectivity index (χ4n) is 3.87. The van der Waals surface area contributed by atoms with Gasteiger partial charge in [0.2, 0.25) is 11.9 Å². The number of carbonyl (C=O) groups is 1. The molecule has 0 amide bonds. The number of benzene rings is 2. The number of ether oxygens (including phenoxy) is 1. The highest BCUT2D eigenvalue weighted by Crippen LogP contribution is 2.21. The van der Waals surface area contributed by atoms with Crippen molar-refractivity contribution in [1.29, 1.82) is 0 Å². The minimum absolute atomic E-state index is 0.00790. The zero-order chi connectivity index (χ0) is 22.8. The van der Waals surface area contributed by atoms with E-state index in [9.17, 15) is 9.18 Å². The Morgan fingerprint density at radius 1 is 1.24 bits per heavy atom. The first-order chi connectivity index (χ1) is 16.0. The van der Waals surface area contributed by atoms with Gasteiger partial charge in [-0.25, -0.2) is 4.39 Å². The molecule has 0 radical (unpaired) electrons. The van der Waals surface area contributed by atoms with Crippen LogP contribution in [0.5, 0.6) is 5.75 Å². The SMILES string of the molecule is Nc1nc(Nc2ccc(OCCN3CC[C@H](F)C3)cc2)nn1C(=O)c1ccc2cc[nH]c2c1. The number of H-pyrrole nitrogens is 1. The van der Waals surface area contributed by atoms with Crippen molar-refractivity contribution < 1.29 is 13.9 Å². The Hall–Kier alpha value is -3.92. The summed E-state index contributed by atoms with van der Waals surface area (Å²) in [6.45, 7) is 2.46. The monoisotopic (exact) mass is 449 g/mol. The highest BCUT2D eigenvalue weighted by molar-refractivity contribution is 6.00. The average molecular weight is 449 g/mol. The van der Waals surface area contributed by atoms with E-state index in [1.807, 2.05) is 42.6 Å². The van der Waals surface area contributed by atoms with Crippen LogP contribution in [0.25, 0.3) is 10.9 Å². The molecule has 0 aliphatic carbocycles. The summed E-state index contributed by atoms with van der Waals surface area (Å²) >= 11 is 0. The summed E-state index contributed by atoms with van der Waals surface area (Å²) in [5.41, 5.74) is 7.96. The maximum atomic E-state index is 13.2. The number of fused-ring (bicyclic) bond motifs is 1. The first-order valence-corrected chi connectivity index (χ1v) is 10.8. The van der Waals surface area contributed by atoms with Crippen LogP contribution >= 0.6 is 0 Å². The fraction of sp³-hybridized carbons (Fsp3) is 0.261. The van der Waals surface area contributed by atoms with Gasteiger partial charge >= 0.3 is 0 Å². The summed E-state index contributed by atoms with van der Waals surface area (Å²) in [6.07, 6.45) is 1.69. The number of aromatic amines is 1. The molecule has 2 aromatic carbocycles. The minimum Gasteiger partial charge on any atom is -0.492 e. The zero-order valence-electron chi connectivity index (χ0n) is 17.9. The van der Waals surface area contributed by atoms with Gasteiger partial charge in [-0.3, -0.25) is 9.69 Å². The van der Waals surface area contributed by atoms with Crippen molar-refractivity contribution in [3.05, 3.63) is 60.3 Å². The third kappa shape index (κ3) is 4.65. The van der Waals surface area contributed by atoms with Crippen molar-refractivity contribution in [3.63, 3.8) is 0 Å². The van der Waals surface area contributed by atoms with Crippen molar-refractivity contribution in [2.75, 3.05) is 37.3 Å². The number of hydrogen-bond acceptors (Lipinski definition) is 7. The van der Waals surface area contributed by atoms with Gasteiger partial charge in [-0.05, 0) is 54.3 Å². The molecule has 3 heterocycles. The molecule has 1 aliphatic heterocycles. The van der Waals surface area contributed by atoms with Gasteiger partial charge in [0, 0.05) is 42.6 Å². The molecule has 0 unspecified atom stereocenters. The molecule has 0 bridgehead atoms. The molecule has 33 heavy (non-hydrogen) atoms. The predicted molar refractivity (Wildman–Crippen MR) is 124 cm³/mol. The number of nitrogen functional groups attached to an aromatic ring is 1. The van der Waals surface area contributed by atoms with E-state index in [-0.39, 0.29) is 17.8 Å². The van der Waals surface area contributed by atoms with Gasteiger partial charge in [-0.15, -0.1) is 5.10 Å². The second-order valence-electron chi connectivity index (χ2n) is 7.97. The smallest absolute Gasteiger partial charge is 0.281 e. The summed E-state index contributed by atoms with van der Waals surface area (Å²) in [6, 6.07) is 14.6. The van der Waals surface area contributed by atoms with Crippen LogP contribution < -0.4 is 15.8 Å². The molecular formula is C23H24FN7O2. The van der Waals surface area contributed by atoms with E-state index in [0.29, 0.717) is 37.4 Å². The van der Waals surface area contributed by atoms with E-state index < -0.39 is 6.17 Å². The largest absolute Gasteiger partial charge is 0.492 e. The van der Waals surface area contributed by atoms with Crippen LogP contribution in [0.2, 0.25) is 0 Å². The summed E-state index contributed by atoms with van der Waals surface area (Å²) in [4.78, 5) is 22.1. The first kappa shape index (κ1) is 21.0. The number of nitrogens with zero attached hydrogens (tertiary/aromatic N) is 4. The number of aromatic nitrogens is 4. The van der Waals surface area contributed by atoms with Gasteiger partial charge in [0.05, 0.1) is 0 Å². The quantitative estimate of drug-likeness (QED) is 0.397. The molecule has 1 aliphatic rings. The van der Waals surface area contributed by atoms with Crippen LogP contribution in [0.4, 0.5) is 22.0 Å². The van der Waals surface area contributed by atoms with Crippen LogP contribution in [0.3, 0.4) is 0 Å². The van der Waals surface area contributed by atoms with Crippen LogP contribution in [0.15, 0.2) is 54.7 Å². The Balaban J connectivity index is 1.20. The number of nitrogens with one attached hydrogen (secondary N) is 2. The summed E-state index contributed by atoms with van der Waals surface area (Å²) in [7, 11) is 0. The van der Waals surface area contributed by atoms with Crippen molar-refractivity contribution in [1.82, 2.24) is 24.6 Å². The maximum Gasteiger partial charge on any atom is 0.281 e. The maximum absolute atomic E-state index is 13.2. The summed E-state index contributed by atoms with van der Waals surface area (Å²) < 4.78 is 20.0. The lowest BCUT2D eigenvalue weighted by molar-refractivity contribution is 0.0948. The summed E-state index contributed by atoms with van der Waals surface area (Å²) in [5, 5.41) is 8.27. The Morgan fingerprint density at radius 2 is 2.09 bits per heavy atom. The van der Waals surface area contributed by atoms with Gasteiger partial charge in [-0.2, -0.15) is 9.67 Å². The predicted octanol–water partition coefficient (Wildman–Crippen LogP) is 3.20. The number of likely N-dealkylation sites (tertiary alicyclic amines) is 1. The number of nitrogens with two attached hydrogens (primary N) is 1. The highest BCUT2D eigenvalue weighted by Gasteiger charge is 2.21. The molecular weight excluding hydrogens is 425 g/mol. The van der Waals surface area contributed by atoms with E-state index in [1.54, 1.807) is 12.1 Å². The molecule has 5 rings (SSSR count). The van der Waals surface area contributed by atoms with Crippen LogP contribution in [-0.4, -0.2) is 63.0 Å². The lowest BCUT2D eigenvalue weighted by atomic mass is 10.1. The number of hydrogen-bond donors (Lipinski definition) is 3. The Labute approximate surface area is 189 Å². The van der Waals surface area contributed by atoms with Crippen LogP contribution in [0.1, 0.15) is 16.8 Å². The van der Waals surface area contributed by atoms with Gasteiger partial charge in [0.15, 0.2) is 0 Å². The molecule has 0 spiro atoms. The average Bonchev–Trinajstić information content (AvgIpc) is 3.54. The van der Waals surface area contributed by atoms with Crippen LogP contribution in [-0.2, 0) is 0 Å². The van der Waals surface area contributed by atoms with E-state index in [1.165, 1.54) is 0 Å².